The van der Waals surface area contributed by atoms with Gasteiger partial charge in [-0.25, -0.2) is 0 Å². The second kappa shape index (κ2) is 33.7. The zero-order valence-corrected chi connectivity index (χ0v) is 55.5. The number of aryl methyl sites for hydroxylation is 2. The third kappa shape index (κ3) is 17.6. The second-order valence-corrected chi connectivity index (χ2v) is 22.0. The third-order valence-corrected chi connectivity index (χ3v) is 15.9. The summed E-state index contributed by atoms with van der Waals surface area (Å²) in [5.74, 6) is 0. The van der Waals surface area contributed by atoms with Crippen LogP contribution in [0.3, 0.4) is 0 Å². The molecule has 0 radical (unpaired) electrons. The number of rotatable bonds is 6. The molecule has 436 valence electrons. The summed E-state index contributed by atoms with van der Waals surface area (Å²) < 4.78 is 5.20. The van der Waals surface area contributed by atoms with Crippen LogP contribution in [-0.2, 0) is 40.2 Å². The standard InChI is InChI=1S/2C18H12NS.4C11H8N.2Ir/c1-12-9-10-19-16(11-12)15-7-4-6-14-13-5-2-3-8-17(13)20-18(14)15;1-12-8-9-19-16(10-12)13-6-7-15-14-4-2-3-5-17(14)20-18(15)11-13;4*1-2-6-10(7-3-1)11-8-4-5-9-12-11;;/h2-6,8-11H,1H3;2-5,7-11H,1H3;4*1-6,8-9H;;/q6*-1;2*+3. The van der Waals surface area contributed by atoms with E-state index >= 15 is 0 Å². The summed E-state index contributed by atoms with van der Waals surface area (Å²) in [5.41, 5.74) is 14.6. The maximum Gasteiger partial charge on any atom is 3.00 e. The van der Waals surface area contributed by atoms with E-state index < -0.39 is 0 Å². The Morgan fingerprint density at radius 3 is 1.08 bits per heavy atom. The molecule has 16 aromatic rings. The monoisotopic (exact) mass is 1550 g/mol. The molecule has 8 aromatic carbocycles. The van der Waals surface area contributed by atoms with Crippen LogP contribution in [0.5, 0.6) is 0 Å². The maximum atomic E-state index is 4.51. The Balaban J connectivity index is 0.000000130. The average Bonchev–Trinajstić information content (AvgIpc) is 1.82. The fourth-order valence-corrected chi connectivity index (χ4v) is 11.7. The number of pyridine rings is 6. The summed E-state index contributed by atoms with van der Waals surface area (Å²) in [5, 5.41) is 5.20. The van der Waals surface area contributed by atoms with Crippen LogP contribution in [-0.4, -0.2) is 29.9 Å². The molecule has 16 rings (SSSR count). The van der Waals surface area contributed by atoms with Crippen molar-refractivity contribution in [3.8, 4) is 67.5 Å². The smallest absolute Gasteiger partial charge is 0.305 e. The van der Waals surface area contributed by atoms with Crippen LogP contribution >= 0.6 is 22.7 Å². The summed E-state index contributed by atoms with van der Waals surface area (Å²) in [7, 11) is 0. The number of benzene rings is 8. The van der Waals surface area contributed by atoms with Crippen molar-refractivity contribution in [2.24, 2.45) is 0 Å². The Labute approximate surface area is 561 Å². The number of fused-ring (bicyclic) bond motifs is 6. The fraction of sp³-hybridized carbons (Fsp3) is 0.0250. The average molecular weight is 1550 g/mol. The SMILES string of the molecule is Cc1ccnc(-c2[c-]cc3c(c2)sc2ccccc23)c1.Cc1ccnc(-c2[c-]ccc3c2sc2ccccc23)c1.[Ir+3].[Ir+3].[c-]1ccccc1-c1ccccn1.[c-]1ccccc1-c1ccccn1.[c-]1ccccc1-c1ccccn1.[c-]1ccccc1-c1ccccn1. The van der Waals surface area contributed by atoms with Crippen molar-refractivity contribution in [1.29, 1.82) is 0 Å². The van der Waals surface area contributed by atoms with E-state index in [1.165, 1.54) is 51.5 Å². The minimum atomic E-state index is 0. The molecule has 0 aliphatic heterocycles. The van der Waals surface area contributed by atoms with Gasteiger partial charge in [0, 0.05) is 46.6 Å². The van der Waals surface area contributed by atoms with Crippen molar-refractivity contribution < 1.29 is 40.2 Å². The van der Waals surface area contributed by atoms with Crippen LogP contribution in [0.25, 0.3) is 108 Å². The Bertz CT molecular complexity index is 4290. The van der Waals surface area contributed by atoms with E-state index in [1.54, 1.807) is 24.8 Å². The van der Waals surface area contributed by atoms with E-state index in [2.05, 4.69) is 159 Å². The van der Waals surface area contributed by atoms with Gasteiger partial charge in [-0.2, -0.15) is 22.7 Å². The van der Waals surface area contributed by atoms with Crippen molar-refractivity contribution in [2.75, 3.05) is 0 Å². The second-order valence-electron chi connectivity index (χ2n) is 19.8. The molecule has 0 aliphatic carbocycles. The molecule has 0 saturated heterocycles. The Hall–Kier alpha value is -9.60. The van der Waals surface area contributed by atoms with Crippen molar-refractivity contribution >= 4 is 63.0 Å². The summed E-state index contributed by atoms with van der Waals surface area (Å²) in [4.78, 5) is 25.8. The van der Waals surface area contributed by atoms with Gasteiger partial charge in [0.15, 0.2) is 0 Å². The van der Waals surface area contributed by atoms with Crippen molar-refractivity contribution in [3.63, 3.8) is 0 Å². The normalized spacial score (nSPS) is 10.2. The van der Waals surface area contributed by atoms with E-state index in [0.29, 0.717) is 0 Å². The first-order chi connectivity index (χ1) is 43.5. The van der Waals surface area contributed by atoms with Crippen LogP contribution < -0.4 is 0 Å². The minimum Gasteiger partial charge on any atom is -0.305 e. The van der Waals surface area contributed by atoms with E-state index in [4.69, 9.17) is 0 Å². The molecular weight excluding hydrogens is 1490 g/mol. The zero-order valence-electron chi connectivity index (χ0n) is 49.0. The molecular formula is C80H56Ir2N6S2. The van der Waals surface area contributed by atoms with Crippen molar-refractivity contribution in [3.05, 3.63) is 352 Å². The number of nitrogens with zero attached hydrogens (tertiary/aromatic N) is 6. The number of thiophene rings is 2. The first-order valence-electron chi connectivity index (χ1n) is 28.5. The maximum absolute atomic E-state index is 4.51. The van der Waals surface area contributed by atoms with Gasteiger partial charge < -0.3 is 29.9 Å². The summed E-state index contributed by atoms with van der Waals surface area (Å²) >= 11 is 3.64. The van der Waals surface area contributed by atoms with Crippen LogP contribution in [0, 0.1) is 50.2 Å². The van der Waals surface area contributed by atoms with Crippen LogP contribution in [0.4, 0.5) is 0 Å². The summed E-state index contributed by atoms with van der Waals surface area (Å²) in [6.07, 6.45) is 10.9. The van der Waals surface area contributed by atoms with Crippen LogP contribution in [0.1, 0.15) is 11.1 Å². The number of hydrogen-bond acceptors (Lipinski definition) is 8. The van der Waals surface area contributed by atoms with Gasteiger partial charge in [-0.3, -0.25) is 0 Å². The fourth-order valence-electron chi connectivity index (χ4n) is 9.35. The molecule has 0 unspecified atom stereocenters. The van der Waals surface area contributed by atoms with Crippen molar-refractivity contribution in [2.45, 2.75) is 13.8 Å². The number of aromatic nitrogens is 6. The molecule has 0 amide bonds. The molecule has 0 aliphatic rings. The zero-order chi connectivity index (χ0) is 60.0. The van der Waals surface area contributed by atoms with Gasteiger partial charge in [-0.15, -0.1) is 191 Å². The quantitative estimate of drug-likeness (QED) is 0.154. The molecule has 90 heavy (non-hydrogen) atoms. The van der Waals surface area contributed by atoms with E-state index in [9.17, 15) is 0 Å². The molecule has 0 atom stereocenters. The molecule has 6 nitrogen and oxygen atoms in total. The number of hydrogen-bond donors (Lipinski definition) is 0. The van der Waals surface area contributed by atoms with Gasteiger partial charge in [0.05, 0.1) is 0 Å². The predicted octanol–water partition coefficient (Wildman–Crippen LogP) is 20.6. The van der Waals surface area contributed by atoms with Crippen LogP contribution in [0.2, 0.25) is 0 Å². The predicted molar refractivity (Wildman–Crippen MR) is 366 cm³/mol. The van der Waals surface area contributed by atoms with Gasteiger partial charge in [0.2, 0.25) is 0 Å². The minimum absolute atomic E-state index is 0. The largest absolute Gasteiger partial charge is 3.00 e. The van der Waals surface area contributed by atoms with Gasteiger partial charge in [-0.05, 0) is 117 Å². The molecule has 0 N–H and O–H groups in total. The summed E-state index contributed by atoms with van der Waals surface area (Å²) in [6.45, 7) is 4.18. The van der Waals surface area contributed by atoms with Gasteiger partial charge in [0.1, 0.15) is 0 Å². The Morgan fingerprint density at radius 2 is 0.656 bits per heavy atom. The first kappa shape index (κ1) is 64.9. The van der Waals surface area contributed by atoms with E-state index in [1.807, 2.05) is 223 Å². The molecule has 0 spiro atoms. The topological polar surface area (TPSA) is 77.3 Å². The molecule has 8 heterocycles. The first-order valence-corrected chi connectivity index (χ1v) is 30.2. The Kier molecular flexibility index (Phi) is 24.3. The molecule has 0 bridgehead atoms. The molecule has 0 saturated carbocycles. The molecule has 0 fully saturated rings. The third-order valence-electron chi connectivity index (χ3n) is 13.6. The van der Waals surface area contributed by atoms with E-state index in [-0.39, 0.29) is 40.2 Å². The molecule has 10 heteroatoms. The van der Waals surface area contributed by atoms with Gasteiger partial charge in [0.25, 0.3) is 0 Å². The van der Waals surface area contributed by atoms with E-state index in [0.717, 1.165) is 67.5 Å². The molecule has 8 aromatic heterocycles. The van der Waals surface area contributed by atoms with Crippen LogP contribution in [0.15, 0.2) is 304 Å². The van der Waals surface area contributed by atoms with Gasteiger partial charge >= 0.3 is 40.2 Å². The van der Waals surface area contributed by atoms with Gasteiger partial charge in [-0.1, -0.05) is 119 Å². The van der Waals surface area contributed by atoms with Crippen molar-refractivity contribution in [1.82, 2.24) is 29.9 Å². The summed E-state index contributed by atoms with van der Waals surface area (Å²) in [6, 6.07) is 108. The Morgan fingerprint density at radius 1 is 0.267 bits per heavy atom.